The number of nitrogens with two attached hydrogens (primary N) is 1. The molecule has 2 amide bonds. The minimum Gasteiger partial charge on any atom is -0.347 e. The van der Waals surface area contributed by atoms with Gasteiger partial charge in [-0.15, -0.1) is 0 Å². The van der Waals surface area contributed by atoms with Gasteiger partial charge in [0.2, 0.25) is 11.8 Å². The highest BCUT2D eigenvalue weighted by atomic mass is 16.2. The second kappa shape index (κ2) is 5.04. The molecule has 0 spiro atoms. The summed E-state index contributed by atoms with van der Waals surface area (Å²) >= 11 is 0. The molecule has 17 heavy (non-hydrogen) atoms. The van der Waals surface area contributed by atoms with Crippen molar-refractivity contribution in [1.29, 1.82) is 0 Å². The predicted molar refractivity (Wildman–Crippen MR) is 66.2 cm³/mol. The summed E-state index contributed by atoms with van der Waals surface area (Å²) in [6.45, 7) is 4.16. The van der Waals surface area contributed by atoms with Crippen LogP contribution in [0.1, 0.15) is 26.7 Å². The number of hydrogen-bond donors (Lipinski definition) is 2. The third-order valence-electron chi connectivity index (χ3n) is 3.51. The third kappa shape index (κ3) is 2.77. The van der Waals surface area contributed by atoms with E-state index in [0.717, 1.165) is 12.8 Å². The smallest absolute Gasteiger partial charge is 0.244 e. The third-order valence-corrected chi connectivity index (χ3v) is 3.51. The Labute approximate surface area is 103 Å². The molecule has 5 heteroatoms. The van der Waals surface area contributed by atoms with Gasteiger partial charge in [0.05, 0.1) is 5.41 Å². The molecule has 0 saturated heterocycles. The van der Waals surface area contributed by atoms with Gasteiger partial charge in [-0.2, -0.15) is 0 Å². The van der Waals surface area contributed by atoms with Crippen LogP contribution in [-0.2, 0) is 9.59 Å². The van der Waals surface area contributed by atoms with Crippen molar-refractivity contribution in [3.63, 3.8) is 0 Å². The zero-order valence-corrected chi connectivity index (χ0v) is 11.1. The molecule has 5 nitrogen and oxygen atoms in total. The molecule has 0 aromatic heterocycles. The Hall–Kier alpha value is -1.10. The van der Waals surface area contributed by atoms with E-state index in [4.69, 9.17) is 5.73 Å². The molecule has 98 valence electrons. The Morgan fingerprint density at radius 3 is 2.35 bits per heavy atom. The minimum atomic E-state index is -0.489. The van der Waals surface area contributed by atoms with Crippen molar-refractivity contribution >= 4 is 11.8 Å². The number of carbonyl (C=O) groups is 2. The van der Waals surface area contributed by atoms with E-state index in [9.17, 15) is 9.59 Å². The van der Waals surface area contributed by atoms with Crippen molar-refractivity contribution in [3.05, 3.63) is 0 Å². The molecule has 0 radical (unpaired) electrons. The minimum absolute atomic E-state index is 0.0826. The highest BCUT2D eigenvalue weighted by molar-refractivity contribution is 5.90. The number of amides is 2. The normalized spacial score (nSPS) is 29.1. The van der Waals surface area contributed by atoms with Crippen molar-refractivity contribution in [1.82, 2.24) is 10.2 Å². The van der Waals surface area contributed by atoms with Crippen molar-refractivity contribution in [2.45, 2.75) is 32.7 Å². The molecule has 0 aromatic rings. The first-order chi connectivity index (χ1) is 7.82. The molecular formula is C12H23N3O2. The standard InChI is InChI=1S/C12H23N3O2/c1-8-5-12(6-8,7-13)11(17)14-9(2)10(16)15(3)4/h8-9H,5-7,13H2,1-4H3,(H,14,17). The van der Waals surface area contributed by atoms with E-state index in [0.29, 0.717) is 12.5 Å². The summed E-state index contributed by atoms with van der Waals surface area (Å²) in [5.41, 5.74) is 5.24. The Bertz CT molecular complexity index is 309. The lowest BCUT2D eigenvalue weighted by Gasteiger charge is -2.44. The molecular weight excluding hydrogens is 218 g/mol. The largest absolute Gasteiger partial charge is 0.347 e. The summed E-state index contributed by atoms with van der Waals surface area (Å²) < 4.78 is 0. The summed E-state index contributed by atoms with van der Waals surface area (Å²) in [5.74, 6) is 0.364. The molecule has 0 heterocycles. The van der Waals surface area contributed by atoms with Crippen LogP contribution in [0, 0.1) is 11.3 Å². The molecule has 1 aliphatic rings. The maximum absolute atomic E-state index is 12.1. The van der Waals surface area contributed by atoms with Crippen LogP contribution in [-0.4, -0.2) is 43.4 Å². The van der Waals surface area contributed by atoms with Crippen LogP contribution in [0.25, 0.3) is 0 Å². The van der Waals surface area contributed by atoms with Crippen LogP contribution in [0.15, 0.2) is 0 Å². The van der Waals surface area contributed by atoms with Gasteiger partial charge in [-0.1, -0.05) is 6.92 Å². The number of likely N-dealkylation sites (N-methyl/N-ethyl adjacent to an activating group) is 1. The van der Waals surface area contributed by atoms with Gasteiger partial charge in [0.15, 0.2) is 0 Å². The average Bonchev–Trinajstić information content (AvgIpc) is 2.22. The molecule has 0 bridgehead atoms. The van der Waals surface area contributed by atoms with Crippen molar-refractivity contribution in [2.75, 3.05) is 20.6 Å². The van der Waals surface area contributed by atoms with E-state index in [1.807, 2.05) is 0 Å². The number of nitrogens with zero attached hydrogens (tertiary/aromatic N) is 1. The van der Waals surface area contributed by atoms with Gasteiger partial charge in [0, 0.05) is 20.6 Å². The maximum Gasteiger partial charge on any atom is 0.244 e. The van der Waals surface area contributed by atoms with E-state index in [1.54, 1.807) is 21.0 Å². The molecule has 1 saturated carbocycles. The summed E-state index contributed by atoms with van der Waals surface area (Å²) in [6, 6.07) is -0.489. The molecule has 1 unspecified atom stereocenters. The highest BCUT2D eigenvalue weighted by Gasteiger charge is 2.47. The van der Waals surface area contributed by atoms with Gasteiger partial charge >= 0.3 is 0 Å². The van der Waals surface area contributed by atoms with Crippen molar-refractivity contribution < 1.29 is 9.59 Å². The maximum atomic E-state index is 12.1. The molecule has 0 aromatic carbocycles. The Kier molecular flexibility index (Phi) is 4.14. The van der Waals surface area contributed by atoms with Crippen LogP contribution >= 0.6 is 0 Å². The van der Waals surface area contributed by atoms with Gasteiger partial charge in [-0.25, -0.2) is 0 Å². The first kappa shape index (κ1) is 14.0. The lowest BCUT2D eigenvalue weighted by Crippen LogP contribution is -2.57. The van der Waals surface area contributed by atoms with Gasteiger partial charge in [-0.05, 0) is 25.7 Å². The topological polar surface area (TPSA) is 75.4 Å². The van der Waals surface area contributed by atoms with E-state index in [1.165, 1.54) is 4.90 Å². The molecule has 0 aliphatic heterocycles. The first-order valence-electron chi connectivity index (χ1n) is 6.04. The van der Waals surface area contributed by atoms with Crippen LogP contribution in [0.2, 0.25) is 0 Å². The SMILES string of the molecule is CC1CC(CN)(C(=O)NC(C)C(=O)N(C)C)C1. The van der Waals surface area contributed by atoms with E-state index >= 15 is 0 Å². The number of rotatable bonds is 4. The lowest BCUT2D eigenvalue weighted by molar-refractivity contribution is -0.142. The predicted octanol–water partition coefficient (Wildman–Crippen LogP) is -0.0457. The van der Waals surface area contributed by atoms with Crippen LogP contribution < -0.4 is 11.1 Å². The fourth-order valence-corrected chi connectivity index (χ4v) is 2.52. The Morgan fingerprint density at radius 1 is 1.47 bits per heavy atom. The summed E-state index contributed by atoms with van der Waals surface area (Å²) in [5, 5.41) is 2.77. The van der Waals surface area contributed by atoms with Crippen LogP contribution in [0.3, 0.4) is 0 Å². The fourth-order valence-electron chi connectivity index (χ4n) is 2.52. The van der Waals surface area contributed by atoms with E-state index < -0.39 is 11.5 Å². The monoisotopic (exact) mass is 241 g/mol. The molecule has 1 atom stereocenters. The molecule has 1 aliphatic carbocycles. The number of carbonyl (C=O) groups excluding carboxylic acids is 2. The Balaban J connectivity index is 2.57. The van der Waals surface area contributed by atoms with E-state index in [2.05, 4.69) is 12.2 Å². The first-order valence-corrected chi connectivity index (χ1v) is 6.04. The molecule has 1 rings (SSSR count). The van der Waals surface area contributed by atoms with Gasteiger partial charge in [0.1, 0.15) is 6.04 Å². The van der Waals surface area contributed by atoms with Gasteiger partial charge < -0.3 is 16.0 Å². The quantitative estimate of drug-likeness (QED) is 0.725. The van der Waals surface area contributed by atoms with Gasteiger partial charge in [0.25, 0.3) is 0 Å². The van der Waals surface area contributed by atoms with Crippen LogP contribution in [0.4, 0.5) is 0 Å². The second-order valence-corrected chi connectivity index (χ2v) is 5.43. The summed E-state index contributed by atoms with van der Waals surface area (Å²) in [7, 11) is 3.35. The summed E-state index contributed by atoms with van der Waals surface area (Å²) in [4.78, 5) is 25.2. The molecule has 3 N–H and O–H groups in total. The summed E-state index contributed by atoms with van der Waals surface area (Å²) in [6.07, 6.45) is 1.64. The van der Waals surface area contributed by atoms with E-state index in [-0.39, 0.29) is 11.8 Å². The van der Waals surface area contributed by atoms with Gasteiger partial charge in [-0.3, -0.25) is 9.59 Å². The zero-order valence-electron chi connectivity index (χ0n) is 11.1. The highest BCUT2D eigenvalue weighted by Crippen LogP contribution is 2.44. The number of hydrogen-bond acceptors (Lipinski definition) is 3. The van der Waals surface area contributed by atoms with Crippen molar-refractivity contribution in [2.24, 2.45) is 17.1 Å². The zero-order chi connectivity index (χ0) is 13.2. The molecule has 1 fully saturated rings. The number of nitrogens with one attached hydrogen (secondary N) is 1. The Morgan fingerprint density at radius 2 is 2.00 bits per heavy atom. The van der Waals surface area contributed by atoms with Crippen molar-refractivity contribution in [3.8, 4) is 0 Å². The average molecular weight is 241 g/mol. The second-order valence-electron chi connectivity index (χ2n) is 5.43. The lowest BCUT2D eigenvalue weighted by atomic mass is 9.62. The van der Waals surface area contributed by atoms with Crippen LogP contribution in [0.5, 0.6) is 0 Å². The fraction of sp³-hybridized carbons (Fsp3) is 0.833.